The van der Waals surface area contributed by atoms with E-state index in [1.165, 1.54) is 5.56 Å². The highest BCUT2D eigenvalue weighted by atomic mass is 16.3. The second-order valence-electron chi connectivity index (χ2n) is 6.21. The first-order valence-electron chi connectivity index (χ1n) is 8.00. The van der Waals surface area contributed by atoms with Crippen LogP contribution < -0.4 is 5.32 Å². The van der Waals surface area contributed by atoms with E-state index < -0.39 is 0 Å². The van der Waals surface area contributed by atoms with Crippen molar-refractivity contribution in [1.82, 2.24) is 14.9 Å². The minimum atomic E-state index is -0.230. The Balaban J connectivity index is 1.91. The van der Waals surface area contributed by atoms with Crippen molar-refractivity contribution >= 4 is 0 Å². The van der Waals surface area contributed by atoms with Gasteiger partial charge in [-0.05, 0) is 50.4 Å². The average molecular weight is 301 g/mol. The summed E-state index contributed by atoms with van der Waals surface area (Å²) in [6.07, 6.45) is 4.34. The molecule has 0 saturated heterocycles. The Morgan fingerprint density at radius 1 is 1.18 bits per heavy atom. The zero-order valence-electron chi connectivity index (χ0n) is 14.0. The second kappa shape index (κ2) is 7.56. The third kappa shape index (κ3) is 4.18. The van der Waals surface area contributed by atoms with E-state index >= 15 is 0 Å². The summed E-state index contributed by atoms with van der Waals surface area (Å²) in [6.45, 7) is 9.07. The molecule has 22 heavy (non-hydrogen) atoms. The minimum Gasteiger partial charge on any atom is -0.393 e. The molecule has 0 fully saturated rings. The van der Waals surface area contributed by atoms with Crippen LogP contribution in [0.25, 0.3) is 5.69 Å². The molecule has 0 saturated carbocycles. The smallest absolute Gasteiger partial charge is 0.110 e. The lowest BCUT2D eigenvalue weighted by atomic mass is 10.0. The van der Waals surface area contributed by atoms with Crippen LogP contribution in [0.2, 0.25) is 0 Å². The molecule has 1 aromatic carbocycles. The zero-order chi connectivity index (χ0) is 16.1. The summed E-state index contributed by atoms with van der Waals surface area (Å²) < 4.78 is 2.07. The van der Waals surface area contributed by atoms with Gasteiger partial charge < -0.3 is 15.0 Å². The van der Waals surface area contributed by atoms with Gasteiger partial charge in [0.2, 0.25) is 0 Å². The molecule has 120 valence electrons. The maximum Gasteiger partial charge on any atom is 0.110 e. The maximum atomic E-state index is 9.83. The van der Waals surface area contributed by atoms with Gasteiger partial charge in [-0.1, -0.05) is 26.0 Å². The van der Waals surface area contributed by atoms with Gasteiger partial charge in [0.15, 0.2) is 0 Å². The molecule has 2 aromatic rings. The highest BCUT2D eigenvalue weighted by Crippen LogP contribution is 2.17. The number of aryl methyl sites for hydroxylation is 1. The number of benzene rings is 1. The number of rotatable bonds is 7. The molecule has 2 rings (SSSR count). The van der Waals surface area contributed by atoms with Crippen LogP contribution in [0.4, 0.5) is 0 Å². The van der Waals surface area contributed by atoms with Crippen molar-refractivity contribution in [3.8, 4) is 5.69 Å². The fraction of sp³-hybridized carbons (Fsp3) is 0.500. The Kier molecular flexibility index (Phi) is 5.75. The standard InChI is InChI=1S/C18H27N3O/c1-13(2)18(22)9-10-19-14(3)16-5-7-17(8-6-16)21-12-11-20-15(21)4/h5-8,11-14,18-19,22H,9-10H2,1-4H3. The first-order valence-corrected chi connectivity index (χ1v) is 8.00. The van der Waals surface area contributed by atoms with Crippen LogP contribution in [0.3, 0.4) is 0 Å². The number of nitrogens with zero attached hydrogens (tertiary/aromatic N) is 2. The molecule has 1 heterocycles. The summed E-state index contributed by atoms with van der Waals surface area (Å²) in [7, 11) is 0. The third-order valence-corrected chi connectivity index (χ3v) is 4.16. The van der Waals surface area contributed by atoms with E-state index in [2.05, 4.69) is 46.1 Å². The summed E-state index contributed by atoms with van der Waals surface area (Å²) in [5.41, 5.74) is 2.38. The minimum absolute atomic E-state index is 0.230. The first-order chi connectivity index (χ1) is 10.5. The van der Waals surface area contributed by atoms with E-state index in [0.717, 1.165) is 24.5 Å². The number of aliphatic hydroxyl groups excluding tert-OH is 1. The van der Waals surface area contributed by atoms with Gasteiger partial charge in [-0.3, -0.25) is 0 Å². The van der Waals surface area contributed by atoms with Crippen molar-refractivity contribution < 1.29 is 5.11 Å². The topological polar surface area (TPSA) is 50.1 Å². The molecule has 4 heteroatoms. The quantitative estimate of drug-likeness (QED) is 0.825. The lowest BCUT2D eigenvalue weighted by Crippen LogP contribution is -2.25. The number of aliphatic hydroxyl groups is 1. The van der Waals surface area contributed by atoms with Gasteiger partial charge in [0.25, 0.3) is 0 Å². The van der Waals surface area contributed by atoms with Gasteiger partial charge in [-0.2, -0.15) is 0 Å². The molecular formula is C18H27N3O. The van der Waals surface area contributed by atoms with Gasteiger partial charge in [0.1, 0.15) is 5.82 Å². The predicted molar refractivity (Wildman–Crippen MR) is 90.2 cm³/mol. The summed E-state index contributed by atoms with van der Waals surface area (Å²) in [6, 6.07) is 8.80. The van der Waals surface area contributed by atoms with Crippen molar-refractivity contribution in [3.63, 3.8) is 0 Å². The molecule has 0 amide bonds. The largest absolute Gasteiger partial charge is 0.393 e. The van der Waals surface area contributed by atoms with E-state index in [0.29, 0.717) is 5.92 Å². The highest BCUT2D eigenvalue weighted by Gasteiger charge is 2.10. The molecule has 0 spiro atoms. The molecule has 2 atom stereocenters. The van der Waals surface area contributed by atoms with Gasteiger partial charge >= 0.3 is 0 Å². The SMILES string of the molecule is Cc1nccn1-c1ccc(C(C)NCCC(O)C(C)C)cc1. The monoisotopic (exact) mass is 301 g/mol. The normalized spacial score (nSPS) is 14.3. The van der Waals surface area contributed by atoms with Crippen LogP contribution in [-0.2, 0) is 0 Å². The lowest BCUT2D eigenvalue weighted by Gasteiger charge is -2.18. The Morgan fingerprint density at radius 2 is 1.86 bits per heavy atom. The first kappa shape index (κ1) is 16.7. The Labute approximate surface area is 133 Å². The summed E-state index contributed by atoms with van der Waals surface area (Å²) in [4.78, 5) is 4.25. The second-order valence-corrected chi connectivity index (χ2v) is 6.21. The Hall–Kier alpha value is -1.65. The fourth-order valence-electron chi connectivity index (χ4n) is 2.47. The summed E-state index contributed by atoms with van der Waals surface area (Å²) in [5, 5.41) is 13.3. The van der Waals surface area contributed by atoms with Crippen molar-refractivity contribution in [1.29, 1.82) is 0 Å². The predicted octanol–water partition coefficient (Wildman–Crippen LogP) is 3.24. The van der Waals surface area contributed by atoms with Crippen LogP contribution in [0.15, 0.2) is 36.7 Å². The maximum absolute atomic E-state index is 9.83. The lowest BCUT2D eigenvalue weighted by molar-refractivity contribution is 0.115. The van der Waals surface area contributed by atoms with Crippen molar-refractivity contribution in [2.45, 2.75) is 46.3 Å². The van der Waals surface area contributed by atoms with Gasteiger partial charge in [0.05, 0.1) is 6.10 Å². The molecule has 0 aliphatic heterocycles. The molecular weight excluding hydrogens is 274 g/mol. The third-order valence-electron chi connectivity index (χ3n) is 4.16. The number of aromatic nitrogens is 2. The molecule has 4 nitrogen and oxygen atoms in total. The number of hydrogen-bond donors (Lipinski definition) is 2. The van der Waals surface area contributed by atoms with E-state index in [9.17, 15) is 5.11 Å². The molecule has 0 aliphatic carbocycles. The highest BCUT2D eigenvalue weighted by molar-refractivity contribution is 5.36. The van der Waals surface area contributed by atoms with Crippen LogP contribution in [-0.4, -0.2) is 27.3 Å². The van der Waals surface area contributed by atoms with Crippen LogP contribution in [0.5, 0.6) is 0 Å². The average Bonchev–Trinajstić information content (AvgIpc) is 2.93. The number of hydrogen-bond acceptors (Lipinski definition) is 3. The summed E-state index contributed by atoms with van der Waals surface area (Å²) in [5.74, 6) is 1.30. The molecule has 0 radical (unpaired) electrons. The van der Waals surface area contributed by atoms with E-state index in [1.54, 1.807) is 0 Å². The van der Waals surface area contributed by atoms with Crippen LogP contribution in [0, 0.1) is 12.8 Å². The van der Waals surface area contributed by atoms with Crippen LogP contribution in [0.1, 0.15) is 44.6 Å². The molecule has 2 N–H and O–H groups in total. The summed E-state index contributed by atoms with van der Waals surface area (Å²) >= 11 is 0. The Morgan fingerprint density at radius 3 is 2.41 bits per heavy atom. The fourth-order valence-corrected chi connectivity index (χ4v) is 2.47. The van der Waals surface area contributed by atoms with Gasteiger partial charge in [-0.25, -0.2) is 4.98 Å². The van der Waals surface area contributed by atoms with Crippen LogP contribution >= 0.6 is 0 Å². The molecule has 2 unspecified atom stereocenters. The van der Waals surface area contributed by atoms with Gasteiger partial charge in [0, 0.05) is 24.1 Å². The zero-order valence-corrected chi connectivity index (χ0v) is 14.0. The van der Waals surface area contributed by atoms with Crippen molar-refractivity contribution in [3.05, 3.63) is 48.0 Å². The van der Waals surface area contributed by atoms with Gasteiger partial charge in [-0.15, -0.1) is 0 Å². The molecule has 0 bridgehead atoms. The Bertz CT molecular complexity index is 574. The van der Waals surface area contributed by atoms with E-state index in [4.69, 9.17) is 0 Å². The molecule has 1 aromatic heterocycles. The van der Waals surface area contributed by atoms with E-state index in [-0.39, 0.29) is 12.1 Å². The molecule has 0 aliphatic rings. The van der Waals surface area contributed by atoms with E-state index in [1.807, 2.05) is 33.2 Å². The number of nitrogens with one attached hydrogen (secondary N) is 1. The number of imidazole rings is 1. The van der Waals surface area contributed by atoms with Crippen molar-refractivity contribution in [2.75, 3.05) is 6.54 Å². The van der Waals surface area contributed by atoms with Crippen molar-refractivity contribution in [2.24, 2.45) is 5.92 Å².